The van der Waals surface area contributed by atoms with Crippen LogP contribution in [0.25, 0.3) is 0 Å². The molecule has 4 heteroatoms. The summed E-state index contributed by atoms with van der Waals surface area (Å²) < 4.78 is 5.72. The first kappa shape index (κ1) is 15.7. The van der Waals surface area contributed by atoms with Gasteiger partial charge < -0.3 is 15.0 Å². The van der Waals surface area contributed by atoms with E-state index in [9.17, 15) is 4.79 Å². The van der Waals surface area contributed by atoms with E-state index in [1.54, 1.807) is 0 Å². The summed E-state index contributed by atoms with van der Waals surface area (Å²) in [4.78, 5) is 13.9. The predicted octanol–water partition coefficient (Wildman–Crippen LogP) is 3.12. The summed E-state index contributed by atoms with van der Waals surface area (Å²) in [5.41, 5.74) is 2.36. The van der Waals surface area contributed by atoms with Gasteiger partial charge in [0.2, 0.25) is 0 Å². The van der Waals surface area contributed by atoms with E-state index in [1.807, 2.05) is 24.0 Å². The normalized spacial score (nSPS) is 18.4. The third-order valence-electron chi connectivity index (χ3n) is 3.91. The minimum Gasteiger partial charge on any atom is -0.491 e. The molecule has 1 atom stereocenters. The van der Waals surface area contributed by atoms with E-state index in [1.165, 1.54) is 12.0 Å². The molecule has 2 amide bonds. The van der Waals surface area contributed by atoms with Crippen LogP contribution in [0.3, 0.4) is 0 Å². The SMILES string of the molecule is Cc1ccc(OCCNC(=O)N2CCCC(C)C2)c(C)c1. The molecule has 0 radical (unpaired) electrons. The molecule has 1 aliphatic heterocycles. The maximum absolute atomic E-state index is 12.0. The molecule has 116 valence electrons. The van der Waals surface area contributed by atoms with Gasteiger partial charge in [0, 0.05) is 13.1 Å². The number of carbonyl (C=O) groups excluding carboxylic acids is 1. The highest BCUT2D eigenvalue weighted by molar-refractivity contribution is 5.74. The van der Waals surface area contributed by atoms with Crippen molar-refractivity contribution in [2.45, 2.75) is 33.6 Å². The average Bonchev–Trinajstić information content (AvgIpc) is 2.45. The second-order valence-electron chi connectivity index (χ2n) is 6.04. The average molecular weight is 290 g/mol. The number of nitrogens with one attached hydrogen (secondary N) is 1. The summed E-state index contributed by atoms with van der Waals surface area (Å²) in [6, 6.07) is 6.16. The summed E-state index contributed by atoms with van der Waals surface area (Å²) in [5, 5.41) is 2.94. The lowest BCUT2D eigenvalue weighted by Crippen LogP contribution is -2.45. The van der Waals surface area contributed by atoms with Gasteiger partial charge in [-0.2, -0.15) is 0 Å². The molecule has 1 N–H and O–H groups in total. The molecule has 0 saturated carbocycles. The molecule has 1 aromatic carbocycles. The monoisotopic (exact) mass is 290 g/mol. The van der Waals surface area contributed by atoms with Crippen LogP contribution in [-0.4, -0.2) is 37.2 Å². The molecule has 0 spiro atoms. The fraction of sp³-hybridized carbons (Fsp3) is 0.588. The van der Waals surface area contributed by atoms with Gasteiger partial charge in [-0.25, -0.2) is 4.79 Å². The van der Waals surface area contributed by atoms with E-state index < -0.39 is 0 Å². The van der Waals surface area contributed by atoms with Crippen LogP contribution in [0.1, 0.15) is 30.9 Å². The molecule has 0 bridgehead atoms. The number of ether oxygens (including phenoxy) is 1. The zero-order chi connectivity index (χ0) is 15.2. The first-order chi connectivity index (χ1) is 10.1. The number of rotatable bonds is 4. The topological polar surface area (TPSA) is 41.6 Å². The quantitative estimate of drug-likeness (QED) is 0.866. The molecule has 2 rings (SSSR count). The Balaban J connectivity index is 1.70. The lowest BCUT2D eigenvalue weighted by molar-refractivity contribution is 0.167. The van der Waals surface area contributed by atoms with E-state index in [0.29, 0.717) is 19.1 Å². The van der Waals surface area contributed by atoms with Crippen LogP contribution in [0.2, 0.25) is 0 Å². The molecule has 1 fully saturated rings. The molecule has 0 aliphatic carbocycles. The second kappa shape index (κ2) is 7.34. The van der Waals surface area contributed by atoms with Crippen molar-refractivity contribution in [2.75, 3.05) is 26.2 Å². The fourth-order valence-electron chi connectivity index (χ4n) is 2.77. The number of benzene rings is 1. The molecular weight excluding hydrogens is 264 g/mol. The largest absolute Gasteiger partial charge is 0.491 e. The Hall–Kier alpha value is -1.71. The Labute approximate surface area is 127 Å². The van der Waals surface area contributed by atoms with Gasteiger partial charge in [0.25, 0.3) is 0 Å². The van der Waals surface area contributed by atoms with Crippen LogP contribution in [-0.2, 0) is 0 Å². The Morgan fingerprint density at radius 3 is 2.95 bits per heavy atom. The van der Waals surface area contributed by atoms with Crippen molar-refractivity contribution in [3.63, 3.8) is 0 Å². The number of aryl methyl sites for hydroxylation is 2. The molecule has 21 heavy (non-hydrogen) atoms. The summed E-state index contributed by atoms with van der Waals surface area (Å²) in [7, 11) is 0. The van der Waals surface area contributed by atoms with Gasteiger partial charge in [0.15, 0.2) is 0 Å². The first-order valence-corrected chi connectivity index (χ1v) is 7.79. The summed E-state index contributed by atoms with van der Waals surface area (Å²) in [6.07, 6.45) is 2.33. The van der Waals surface area contributed by atoms with Crippen LogP contribution < -0.4 is 10.1 Å². The van der Waals surface area contributed by atoms with Gasteiger partial charge >= 0.3 is 6.03 Å². The Kier molecular flexibility index (Phi) is 5.48. The Bertz CT molecular complexity index is 488. The van der Waals surface area contributed by atoms with Crippen molar-refractivity contribution in [3.05, 3.63) is 29.3 Å². The Morgan fingerprint density at radius 1 is 1.43 bits per heavy atom. The van der Waals surface area contributed by atoms with E-state index in [2.05, 4.69) is 25.2 Å². The van der Waals surface area contributed by atoms with E-state index in [-0.39, 0.29) is 6.03 Å². The van der Waals surface area contributed by atoms with Crippen LogP contribution in [0.5, 0.6) is 5.75 Å². The number of hydrogen-bond donors (Lipinski definition) is 1. The van der Waals surface area contributed by atoms with Crippen molar-refractivity contribution < 1.29 is 9.53 Å². The number of nitrogens with zero attached hydrogens (tertiary/aromatic N) is 1. The van der Waals surface area contributed by atoms with Gasteiger partial charge in [0.1, 0.15) is 12.4 Å². The standard InChI is InChI=1S/C17H26N2O2/c1-13-6-7-16(15(3)11-13)21-10-8-18-17(20)19-9-4-5-14(2)12-19/h6-7,11,14H,4-5,8-10,12H2,1-3H3,(H,18,20). The number of amides is 2. The highest BCUT2D eigenvalue weighted by Gasteiger charge is 2.20. The highest BCUT2D eigenvalue weighted by atomic mass is 16.5. The summed E-state index contributed by atoms with van der Waals surface area (Å²) in [6.45, 7) is 9.07. The highest BCUT2D eigenvalue weighted by Crippen LogP contribution is 2.18. The zero-order valence-corrected chi connectivity index (χ0v) is 13.3. The van der Waals surface area contributed by atoms with Crippen molar-refractivity contribution in [2.24, 2.45) is 5.92 Å². The first-order valence-electron chi connectivity index (χ1n) is 7.79. The molecular formula is C17H26N2O2. The van der Waals surface area contributed by atoms with Gasteiger partial charge in [-0.3, -0.25) is 0 Å². The lowest BCUT2D eigenvalue weighted by Gasteiger charge is -2.30. The van der Waals surface area contributed by atoms with Gasteiger partial charge in [0.05, 0.1) is 6.54 Å². The maximum Gasteiger partial charge on any atom is 0.317 e. The third kappa shape index (κ3) is 4.66. The number of carbonyl (C=O) groups is 1. The Morgan fingerprint density at radius 2 is 2.24 bits per heavy atom. The molecule has 1 unspecified atom stereocenters. The van der Waals surface area contributed by atoms with Gasteiger partial charge in [-0.1, -0.05) is 24.6 Å². The van der Waals surface area contributed by atoms with Crippen LogP contribution in [0.4, 0.5) is 4.79 Å². The number of hydrogen-bond acceptors (Lipinski definition) is 2. The van der Waals surface area contributed by atoms with Crippen molar-refractivity contribution in [3.8, 4) is 5.75 Å². The van der Waals surface area contributed by atoms with E-state index in [4.69, 9.17) is 4.74 Å². The van der Waals surface area contributed by atoms with Crippen LogP contribution in [0.15, 0.2) is 18.2 Å². The van der Waals surface area contributed by atoms with Crippen LogP contribution >= 0.6 is 0 Å². The molecule has 1 heterocycles. The fourth-order valence-corrected chi connectivity index (χ4v) is 2.77. The van der Waals surface area contributed by atoms with Crippen molar-refractivity contribution in [1.82, 2.24) is 10.2 Å². The van der Waals surface area contributed by atoms with Gasteiger partial charge in [-0.05, 0) is 44.2 Å². The minimum atomic E-state index is 0.0331. The smallest absolute Gasteiger partial charge is 0.317 e. The third-order valence-corrected chi connectivity index (χ3v) is 3.91. The second-order valence-corrected chi connectivity index (χ2v) is 6.04. The van der Waals surface area contributed by atoms with Crippen LogP contribution in [0, 0.1) is 19.8 Å². The minimum absolute atomic E-state index is 0.0331. The molecule has 1 aliphatic rings. The van der Waals surface area contributed by atoms with E-state index in [0.717, 1.165) is 30.8 Å². The zero-order valence-electron chi connectivity index (χ0n) is 13.3. The number of piperidine rings is 1. The van der Waals surface area contributed by atoms with Gasteiger partial charge in [-0.15, -0.1) is 0 Å². The van der Waals surface area contributed by atoms with E-state index >= 15 is 0 Å². The number of urea groups is 1. The van der Waals surface area contributed by atoms with Crippen molar-refractivity contribution >= 4 is 6.03 Å². The summed E-state index contributed by atoms with van der Waals surface area (Å²) >= 11 is 0. The molecule has 1 saturated heterocycles. The molecule has 0 aromatic heterocycles. The predicted molar refractivity (Wildman–Crippen MR) is 84.8 cm³/mol. The molecule has 4 nitrogen and oxygen atoms in total. The summed E-state index contributed by atoms with van der Waals surface area (Å²) in [5.74, 6) is 1.50. The lowest BCUT2D eigenvalue weighted by atomic mass is 10.0. The van der Waals surface area contributed by atoms with Crippen molar-refractivity contribution in [1.29, 1.82) is 0 Å². The maximum atomic E-state index is 12.0. The molecule has 1 aromatic rings. The number of likely N-dealkylation sites (tertiary alicyclic amines) is 1.